The highest BCUT2D eigenvalue weighted by Gasteiger charge is 2.25. The molecule has 3 N–H and O–H groups in total. The number of fused-ring (bicyclic) bond motifs is 2. The fraction of sp³-hybridized carbons (Fsp3) is 0.217. The molecule has 5 rings (SSSR count). The van der Waals surface area contributed by atoms with E-state index in [4.69, 9.17) is 10.5 Å². The maximum atomic E-state index is 13.1. The van der Waals surface area contributed by atoms with E-state index in [1.54, 1.807) is 24.3 Å². The molecule has 1 aliphatic heterocycles. The molecule has 0 spiro atoms. The number of para-hydroxylation sites is 2. The first-order valence-corrected chi connectivity index (χ1v) is 10.8. The Morgan fingerprint density at radius 1 is 1.26 bits per heavy atom. The number of aromatic nitrogens is 3. The molecule has 1 unspecified atom stereocenters. The largest absolute Gasteiger partial charge is 0.383 e. The highest BCUT2D eigenvalue weighted by molar-refractivity contribution is 6.10. The second-order valence-electron chi connectivity index (χ2n) is 7.90. The Bertz CT molecular complexity index is 1440. The maximum Gasteiger partial charge on any atom is 0.270 e. The van der Waals surface area contributed by atoms with Crippen LogP contribution in [0.1, 0.15) is 28.8 Å². The van der Waals surface area contributed by atoms with Gasteiger partial charge in [0.1, 0.15) is 16.9 Å². The van der Waals surface area contributed by atoms with Crippen molar-refractivity contribution in [1.29, 1.82) is 0 Å². The minimum absolute atomic E-state index is 0.0302. The van der Waals surface area contributed by atoms with E-state index < -0.39 is 10.8 Å². The number of carbonyl (C=O) groups excluding carboxylic acids is 1. The van der Waals surface area contributed by atoms with Gasteiger partial charge in [-0.15, -0.1) is 0 Å². The van der Waals surface area contributed by atoms with Gasteiger partial charge in [0.2, 0.25) is 0 Å². The van der Waals surface area contributed by atoms with Gasteiger partial charge in [-0.25, -0.2) is 9.97 Å². The molecular weight excluding hydrogens is 438 g/mol. The first kappa shape index (κ1) is 21.5. The molecule has 2 aromatic heterocycles. The minimum Gasteiger partial charge on any atom is -0.383 e. The van der Waals surface area contributed by atoms with E-state index in [0.29, 0.717) is 40.9 Å². The summed E-state index contributed by atoms with van der Waals surface area (Å²) in [5.74, 6) is -0.330. The van der Waals surface area contributed by atoms with Crippen molar-refractivity contribution in [3.8, 4) is 0 Å². The molecule has 1 atom stereocenters. The molecule has 0 bridgehead atoms. The molecule has 2 aromatic carbocycles. The molecule has 1 fully saturated rings. The Balaban J connectivity index is 1.58. The molecular formula is C23H21N7O4. The van der Waals surface area contributed by atoms with Crippen molar-refractivity contribution in [2.75, 3.05) is 18.9 Å². The summed E-state index contributed by atoms with van der Waals surface area (Å²) in [6, 6.07) is 13.3. The Hall–Kier alpha value is -4.38. The van der Waals surface area contributed by atoms with E-state index in [0.717, 1.165) is 12.8 Å². The van der Waals surface area contributed by atoms with Crippen molar-refractivity contribution in [2.45, 2.75) is 18.9 Å². The van der Waals surface area contributed by atoms with Gasteiger partial charge >= 0.3 is 0 Å². The summed E-state index contributed by atoms with van der Waals surface area (Å²) in [5.41, 5.74) is 8.83. The highest BCUT2D eigenvalue weighted by Crippen LogP contribution is 2.28. The van der Waals surface area contributed by atoms with Crippen LogP contribution in [0.15, 0.2) is 53.6 Å². The van der Waals surface area contributed by atoms with Gasteiger partial charge < -0.3 is 15.8 Å². The summed E-state index contributed by atoms with van der Waals surface area (Å²) >= 11 is 0. The lowest BCUT2D eigenvalue weighted by Gasteiger charge is -2.10. The Morgan fingerprint density at radius 2 is 2.06 bits per heavy atom. The van der Waals surface area contributed by atoms with Crippen LogP contribution in [0.25, 0.3) is 22.2 Å². The normalized spacial score (nSPS) is 15.9. The molecule has 3 heterocycles. The fourth-order valence-electron chi connectivity index (χ4n) is 3.93. The number of non-ortho nitro benzene ring substituents is 1. The standard InChI is InChI=1S/C23H21N7O4/c24-21-19(23(31)25-13-16-7-4-10-34-16)20-22(28-18-9-2-1-8-17(18)27-20)29(21)26-12-14-5-3-6-15(11-14)30(32)33/h1-3,5-6,8-9,11-12,16H,4,7,10,13,24H2,(H,25,31). The smallest absolute Gasteiger partial charge is 0.270 e. The number of hydrogen-bond donors (Lipinski definition) is 2. The van der Waals surface area contributed by atoms with Gasteiger partial charge in [0.25, 0.3) is 11.6 Å². The number of nitrogens with two attached hydrogens (primary N) is 1. The molecule has 1 amide bonds. The van der Waals surface area contributed by atoms with Gasteiger partial charge in [-0.2, -0.15) is 9.78 Å². The summed E-state index contributed by atoms with van der Waals surface area (Å²) in [6.07, 6.45) is 3.24. The van der Waals surface area contributed by atoms with Crippen molar-refractivity contribution >= 4 is 45.8 Å². The number of hydrogen-bond acceptors (Lipinski definition) is 8. The predicted molar refractivity (Wildman–Crippen MR) is 127 cm³/mol. The third kappa shape index (κ3) is 4.04. The number of nitrogen functional groups attached to an aromatic ring is 1. The number of ether oxygens (including phenoxy) is 1. The number of nitro groups is 1. The summed E-state index contributed by atoms with van der Waals surface area (Å²) in [4.78, 5) is 33.0. The molecule has 1 aliphatic rings. The average molecular weight is 459 g/mol. The van der Waals surface area contributed by atoms with Crippen LogP contribution in [0.4, 0.5) is 11.5 Å². The predicted octanol–water partition coefficient (Wildman–Crippen LogP) is 2.87. The van der Waals surface area contributed by atoms with Crippen molar-refractivity contribution in [2.24, 2.45) is 5.10 Å². The number of benzene rings is 2. The van der Waals surface area contributed by atoms with Crippen LogP contribution in [-0.2, 0) is 4.74 Å². The molecule has 0 radical (unpaired) electrons. The van der Waals surface area contributed by atoms with Crippen LogP contribution in [-0.4, -0.2) is 50.9 Å². The Kier molecular flexibility index (Phi) is 5.60. The fourth-order valence-corrected chi connectivity index (χ4v) is 3.93. The zero-order valence-electron chi connectivity index (χ0n) is 18.0. The molecule has 4 aromatic rings. The third-order valence-electron chi connectivity index (χ3n) is 5.62. The minimum atomic E-state index is -0.481. The van der Waals surface area contributed by atoms with E-state index in [2.05, 4.69) is 20.4 Å². The number of nitro benzene ring substituents is 1. The van der Waals surface area contributed by atoms with Crippen LogP contribution in [0.2, 0.25) is 0 Å². The van der Waals surface area contributed by atoms with Gasteiger partial charge in [0.05, 0.1) is 28.3 Å². The lowest BCUT2D eigenvalue weighted by Crippen LogP contribution is -2.32. The molecule has 0 saturated carbocycles. The number of carbonyl (C=O) groups is 1. The average Bonchev–Trinajstić information content (AvgIpc) is 3.45. The summed E-state index contributed by atoms with van der Waals surface area (Å²) in [7, 11) is 0. The zero-order valence-corrected chi connectivity index (χ0v) is 18.0. The van der Waals surface area contributed by atoms with Gasteiger partial charge in [0, 0.05) is 30.8 Å². The second-order valence-corrected chi connectivity index (χ2v) is 7.90. The highest BCUT2D eigenvalue weighted by atomic mass is 16.6. The molecule has 34 heavy (non-hydrogen) atoms. The SMILES string of the molecule is Nc1c(C(=O)NCC2CCCO2)c2nc3ccccc3nc2n1N=Cc1cccc([N+](=O)[O-])c1. The third-order valence-corrected chi connectivity index (χ3v) is 5.62. The first-order chi connectivity index (χ1) is 16.5. The van der Waals surface area contributed by atoms with E-state index >= 15 is 0 Å². The van der Waals surface area contributed by atoms with Gasteiger partial charge in [-0.1, -0.05) is 24.3 Å². The first-order valence-electron chi connectivity index (χ1n) is 10.8. The Morgan fingerprint density at radius 3 is 2.79 bits per heavy atom. The van der Waals surface area contributed by atoms with Crippen molar-refractivity contribution in [3.63, 3.8) is 0 Å². The number of amides is 1. The van der Waals surface area contributed by atoms with Crippen molar-refractivity contribution in [3.05, 3.63) is 69.8 Å². The molecule has 11 nitrogen and oxygen atoms in total. The van der Waals surface area contributed by atoms with E-state index in [1.807, 2.05) is 12.1 Å². The van der Waals surface area contributed by atoms with Crippen molar-refractivity contribution < 1.29 is 14.5 Å². The van der Waals surface area contributed by atoms with E-state index in [-0.39, 0.29) is 23.2 Å². The lowest BCUT2D eigenvalue weighted by molar-refractivity contribution is -0.384. The van der Waals surface area contributed by atoms with Crippen LogP contribution in [0, 0.1) is 10.1 Å². The van der Waals surface area contributed by atoms with Crippen molar-refractivity contribution in [1.82, 2.24) is 20.0 Å². The lowest BCUT2D eigenvalue weighted by atomic mass is 10.2. The number of nitrogens with zero attached hydrogens (tertiary/aromatic N) is 5. The van der Waals surface area contributed by atoms with Gasteiger partial charge in [-0.05, 0) is 25.0 Å². The topological polar surface area (TPSA) is 151 Å². The van der Waals surface area contributed by atoms with Gasteiger partial charge in [-0.3, -0.25) is 14.9 Å². The van der Waals surface area contributed by atoms with Crippen LogP contribution in [0.3, 0.4) is 0 Å². The van der Waals surface area contributed by atoms with E-state index in [1.165, 1.54) is 23.0 Å². The maximum absolute atomic E-state index is 13.1. The van der Waals surface area contributed by atoms with Crippen LogP contribution in [0.5, 0.6) is 0 Å². The summed E-state index contributed by atoms with van der Waals surface area (Å²) in [6.45, 7) is 1.05. The van der Waals surface area contributed by atoms with Gasteiger partial charge in [0.15, 0.2) is 5.65 Å². The van der Waals surface area contributed by atoms with Crippen LogP contribution >= 0.6 is 0 Å². The molecule has 172 valence electrons. The second kappa shape index (κ2) is 8.87. The number of nitrogens with one attached hydrogen (secondary N) is 1. The Labute approximate surface area is 193 Å². The quantitative estimate of drug-likeness (QED) is 0.256. The summed E-state index contributed by atoms with van der Waals surface area (Å²) in [5, 5.41) is 18.3. The monoisotopic (exact) mass is 459 g/mol. The molecule has 0 aliphatic carbocycles. The molecule has 11 heteroatoms. The van der Waals surface area contributed by atoms with E-state index in [9.17, 15) is 14.9 Å². The summed E-state index contributed by atoms with van der Waals surface area (Å²) < 4.78 is 6.91. The number of anilines is 1. The molecule has 1 saturated heterocycles. The van der Waals surface area contributed by atoms with Crippen LogP contribution < -0.4 is 11.1 Å². The zero-order chi connectivity index (χ0) is 23.7. The number of rotatable bonds is 6.